The molecule has 0 radical (unpaired) electrons. The first kappa shape index (κ1) is 13.7. The van der Waals surface area contributed by atoms with Crippen molar-refractivity contribution in [2.75, 3.05) is 6.61 Å². The smallest absolute Gasteiger partial charge is 0.376 e. The Labute approximate surface area is 121 Å². The van der Waals surface area contributed by atoms with Crippen molar-refractivity contribution in [3.05, 3.63) is 59.7 Å². The highest BCUT2D eigenvalue weighted by molar-refractivity contribution is 5.80. The Morgan fingerprint density at radius 3 is 2.00 bits per heavy atom. The molecule has 2 aromatic carbocycles. The van der Waals surface area contributed by atoms with Crippen molar-refractivity contribution in [1.82, 2.24) is 0 Å². The molecule has 2 aromatic rings. The van der Waals surface area contributed by atoms with E-state index in [2.05, 4.69) is 0 Å². The minimum Gasteiger partial charge on any atom is -0.460 e. The summed E-state index contributed by atoms with van der Waals surface area (Å²) in [6, 6.07) is 15.5. The van der Waals surface area contributed by atoms with Gasteiger partial charge in [-0.05, 0) is 22.3 Å². The van der Waals surface area contributed by atoms with Gasteiger partial charge in [0.25, 0.3) is 0 Å². The van der Waals surface area contributed by atoms with Crippen LogP contribution in [0.3, 0.4) is 0 Å². The minimum absolute atomic E-state index is 0.0731. The van der Waals surface area contributed by atoms with Gasteiger partial charge in [0.2, 0.25) is 0 Å². The normalized spacial score (nSPS) is 13.7. The maximum atomic E-state index is 12.9. The zero-order valence-electron chi connectivity index (χ0n) is 11.5. The fourth-order valence-corrected chi connectivity index (χ4v) is 2.73. The molecule has 108 valence electrons. The molecule has 0 heterocycles. The average molecular weight is 288 g/mol. The molecule has 0 aliphatic heterocycles. The van der Waals surface area contributed by atoms with Gasteiger partial charge in [0.05, 0.1) is 0 Å². The first-order valence-electron chi connectivity index (χ1n) is 6.72. The molecule has 0 saturated heterocycles. The summed E-state index contributed by atoms with van der Waals surface area (Å²) in [6.45, 7) is 0.474. The first-order chi connectivity index (χ1) is 9.98. The van der Waals surface area contributed by atoms with E-state index in [9.17, 15) is 13.6 Å². The van der Waals surface area contributed by atoms with Gasteiger partial charge in [0.1, 0.15) is 6.61 Å². The van der Waals surface area contributed by atoms with Gasteiger partial charge in [-0.25, -0.2) is 4.79 Å². The van der Waals surface area contributed by atoms with Crippen LogP contribution in [0, 0.1) is 0 Å². The number of esters is 1. The van der Waals surface area contributed by atoms with Gasteiger partial charge in [-0.2, -0.15) is 8.78 Å². The molecule has 0 atom stereocenters. The van der Waals surface area contributed by atoms with Crippen molar-refractivity contribution in [1.29, 1.82) is 0 Å². The number of ether oxygens (including phenoxy) is 1. The first-order valence-corrected chi connectivity index (χ1v) is 6.72. The summed E-state index contributed by atoms with van der Waals surface area (Å²) in [6.07, 6.45) is 0. The zero-order chi connectivity index (χ0) is 15.0. The molecule has 0 unspecified atom stereocenters. The molecular weight excluding hydrogens is 274 g/mol. The Bertz CT molecular complexity index is 644. The highest BCUT2D eigenvalue weighted by atomic mass is 19.3. The van der Waals surface area contributed by atoms with E-state index in [4.69, 9.17) is 4.74 Å². The van der Waals surface area contributed by atoms with E-state index in [1.165, 1.54) is 0 Å². The molecule has 1 aliphatic carbocycles. The van der Waals surface area contributed by atoms with Crippen molar-refractivity contribution in [2.45, 2.75) is 18.8 Å². The SMILES string of the molecule is CC(F)(F)C(=O)OCC1c2ccccc2-c2ccccc21. The van der Waals surface area contributed by atoms with Crippen molar-refractivity contribution in [3.63, 3.8) is 0 Å². The maximum Gasteiger partial charge on any atom is 0.376 e. The van der Waals surface area contributed by atoms with Gasteiger partial charge in [0.15, 0.2) is 0 Å². The highest BCUT2D eigenvalue weighted by Gasteiger charge is 2.36. The molecule has 0 aromatic heterocycles. The third-order valence-electron chi connectivity index (χ3n) is 3.70. The third kappa shape index (κ3) is 2.42. The van der Waals surface area contributed by atoms with E-state index in [1.807, 2.05) is 48.5 Å². The molecule has 0 N–H and O–H groups in total. The number of alkyl halides is 2. The van der Waals surface area contributed by atoms with Crippen molar-refractivity contribution < 1.29 is 18.3 Å². The Morgan fingerprint density at radius 2 is 1.52 bits per heavy atom. The van der Waals surface area contributed by atoms with E-state index in [1.54, 1.807) is 0 Å². The van der Waals surface area contributed by atoms with Crippen LogP contribution >= 0.6 is 0 Å². The molecule has 2 nitrogen and oxygen atoms in total. The van der Waals surface area contributed by atoms with Crippen LogP contribution in [0.25, 0.3) is 11.1 Å². The lowest BCUT2D eigenvalue weighted by atomic mass is 9.98. The average Bonchev–Trinajstić information content (AvgIpc) is 2.78. The van der Waals surface area contributed by atoms with E-state index in [0.717, 1.165) is 22.3 Å². The lowest BCUT2D eigenvalue weighted by Crippen LogP contribution is -2.28. The van der Waals surface area contributed by atoms with Gasteiger partial charge in [-0.15, -0.1) is 0 Å². The molecule has 4 heteroatoms. The molecule has 1 aliphatic rings. The lowest BCUT2D eigenvalue weighted by molar-refractivity contribution is -0.169. The predicted octanol–water partition coefficient (Wildman–Crippen LogP) is 4.00. The Hall–Kier alpha value is -2.23. The second-order valence-electron chi connectivity index (χ2n) is 5.21. The predicted molar refractivity (Wildman–Crippen MR) is 75.3 cm³/mol. The van der Waals surface area contributed by atoms with Crippen LogP contribution in [-0.4, -0.2) is 18.5 Å². The number of rotatable bonds is 3. The Kier molecular flexibility index (Phi) is 3.24. The van der Waals surface area contributed by atoms with Gasteiger partial charge in [0, 0.05) is 12.8 Å². The summed E-state index contributed by atoms with van der Waals surface area (Å²) < 4.78 is 30.6. The maximum absolute atomic E-state index is 12.9. The Morgan fingerprint density at radius 1 is 1.05 bits per heavy atom. The van der Waals surface area contributed by atoms with Crippen LogP contribution in [0.15, 0.2) is 48.5 Å². The van der Waals surface area contributed by atoms with Crippen molar-refractivity contribution >= 4 is 5.97 Å². The molecule has 0 saturated carbocycles. The lowest BCUT2D eigenvalue weighted by Gasteiger charge is -2.16. The summed E-state index contributed by atoms with van der Waals surface area (Å²) in [5, 5.41) is 0. The van der Waals surface area contributed by atoms with E-state index >= 15 is 0 Å². The van der Waals surface area contributed by atoms with Crippen molar-refractivity contribution in [2.24, 2.45) is 0 Å². The van der Waals surface area contributed by atoms with Crippen LogP contribution in [0.5, 0.6) is 0 Å². The number of fused-ring (bicyclic) bond motifs is 3. The molecule has 0 fully saturated rings. The quantitative estimate of drug-likeness (QED) is 0.798. The number of halogens is 2. The number of hydrogen-bond acceptors (Lipinski definition) is 2. The fourth-order valence-electron chi connectivity index (χ4n) is 2.73. The Balaban J connectivity index is 1.91. The molecule has 21 heavy (non-hydrogen) atoms. The van der Waals surface area contributed by atoms with E-state index < -0.39 is 11.9 Å². The second-order valence-corrected chi connectivity index (χ2v) is 5.21. The van der Waals surface area contributed by atoms with Crippen LogP contribution < -0.4 is 0 Å². The largest absolute Gasteiger partial charge is 0.460 e. The van der Waals surface area contributed by atoms with Crippen LogP contribution in [0.1, 0.15) is 24.0 Å². The summed E-state index contributed by atoms with van der Waals surface area (Å²) in [7, 11) is 0. The minimum atomic E-state index is -3.46. The molecule has 3 rings (SSSR count). The summed E-state index contributed by atoms with van der Waals surface area (Å²) in [5.41, 5.74) is 4.15. The van der Waals surface area contributed by atoms with Gasteiger partial charge in [-0.1, -0.05) is 48.5 Å². The van der Waals surface area contributed by atoms with E-state index in [0.29, 0.717) is 6.92 Å². The van der Waals surface area contributed by atoms with Crippen molar-refractivity contribution in [3.8, 4) is 11.1 Å². The monoisotopic (exact) mass is 288 g/mol. The number of carbonyl (C=O) groups excluding carboxylic acids is 1. The molecule has 0 amide bonds. The molecule has 0 bridgehead atoms. The molecular formula is C17H14F2O2. The number of hydrogen-bond donors (Lipinski definition) is 0. The third-order valence-corrected chi connectivity index (χ3v) is 3.70. The fraction of sp³-hybridized carbons (Fsp3) is 0.235. The summed E-state index contributed by atoms with van der Waals surface area (Å²) in [5.74, 6) is -5.13. The topological polar surface area (TPSA) is 26.3 Å². The van der Waals surface area contributed by atoms with E-state index in [-0.39, 0.29) is 12.5 Å². The summed E-state index contributed by atoms with van der Waals surface area (Å²) in [4.78, 5) is 11.3. The van der Waals surface area contributed by atoms with Crippen LogP contribution in [0.2, 0.25) is 0 Å². The van der Waals surface area contributed by atoms with Crippen LogP contribution in [-0.2, 0) is 9.53 Å². The van der Waals surface area contributed by atoms with Crippen LogP contribution in [0.4, 0.5) is 8.78 Å². The van der Waals surface area contributed by atoms with Gasteiger partial charge < -0.3 is 4.74 Å². The summed E-state index contributed by atoms with van der Waals surface area (Å²) >= 11 is 0. The standard InChI is InChI=1S/C17H14F2O2/c1-17(18,19)16(20)21-10-15-13-8-4-2-6-11(13)12-7-3-5-9-14(12)15/h2-9,15H,10H2,1H3. The number of benzene rings is 2. The van der Waals surface area contributed by atoms with Gasteiger partial charge >= 0.3 is 11.9 Å². The second kappa shape index (κ2) is 4.95. The zero-order valence-corrected chi connectivity index (χ0v) is 11.5. The highest BCUT2D eigenvalue weighted by Crippen LogP contribution is 2.44. The van der Waals surface area contributed by atoms with Gasteiger partial charge in [-0.3, -0.25) is 0 Å². The number of carbonyl (C=O) groups is 1. The molecule has 0 spiro atoms.